The van der Waals surface area contributed by atoms with E-state index < -0.39 is 9.84 Å². The highest BCUT2D eigenvalue weighted by Gasteiger charge is 2.35. The third-order valence-corrected chi connectivity index (χ3v) is 7.92. The lowest BCUT2D eigenvalue weighted by Crippen LogP contribution is -2.31. The molecular weight excluding hydrogens is 336 g/mol. The zero-order chi connectivity index (χ0) is 15.1. The summed E-state index contributed by atoms with van der Waals surface area (Å²) >= 11 is 3.65. The molecule has 20 heavy (non-hydrogen) atoms. The molecule has 1 fully saturated rings. The van der Waals surface area contributed by atoms with Crippen LogP contribution in [0.3, 0.4) is 0 Å². The molecular formula is C16H31BrO2S. The van der Waals surface area contributed by atoms with Crippen LogP contribution in [0.5, 0.6) is 0 Å². The summed E-state index contributed by atoms with van der Waals surface area (Å²) in [6.45, 7) is 4.20. The molecule has 0 N–H and O–H groups in total. The van der Waals surface area contributed by atoms with Gasteiger partial charge in [0.05, 0.1) is 5.75 Å². The summed E-state index contributed by atoms with van der Waals surface area (Å²) in [4.78, 5) is 0. The fourth-order valence-corrected chi connectivity index (χ4v) is 5.72. The van der Waals surface area contributed by atoms with Gasteiger partial charge in [0.2, 0.25) is 0 Å². The molecule has 1 rings (SSSR count). The lowest BCUT2D eigenvalue weighted by atomic mass is 9.69. The van der Waals surface area contributed by atoms with Crippen molar-refractivity contribution in [2.45, 2.75) is 71.6 Å². The van der Waals surface area contributed by atoms with Gasteiger partial charge in [0, 0.05) is 11.1 Å². The van der Waals surface area contributed by atoms with Gasteiger partial charge in [0.15, 0.2) is 0 Å². The molecule has 0 radical (unpaired) electrons. The number of unbranched alkanes of at least 4 members (excludes halogenated alkanes) is 1. The number of alkyl halides is 1. The molecule has 0 heterocycles. The van der Waals surface area contributed by atoms with Crippen LogP contribution in [0.4, 0.5) is 0 Å². The number of halogens is 1. The molecule has 4 heteroatoms. The molecule has 0 amide bonds. The fraction of sp³-hybridized carbons (Fsp3) is 1.00. The molecule has 1 aliphatic rings. The summed E-state index contributed by atoms with van der Waals surface area (Å²) in [6.07, 6.45) is 10.6. The summed E-state index contributed by atoms with van der Waals surface area (Å²) < 4.78 is 23.8. The van der Waals surface area contributed by atoms with Crippen LogP contribution >= 0.6 is 15.9 Å². The second-order valence-corrected chi connectivity index (χ2v) is 9.49. The van der Waals surface area contributed by atoms with Crippen molar-refractivity contribution in [1.29, 1.82) is 0 Å². The lowest BCUT2D eigenvalue weighted by molar-refractivity contribution is 0.164. The minimum absolute atomic E-state index is 0.240. The molecule has 2 nitrogen and oxygen atoms in total. The first-order chi connectivity index (χ1) is 9.47. The highest BCUT2D eigenvalue weighted by Crippen LogP contribution is 2.44. The summed E-state index contributed by atoms with van der Waals surface area (Å²) in [5.74, 6) is 1.62. The number of hydrogen-bond donors (Lipinski definition) is 0. The molecule has 0 spiro atoms. The van der Waals surface area contributed by atoms with Crippen LogP contribution in [0.15, 0.2) is 0 Å². The van der Waals surface area contributed by atoms with Crippen LogP contribution in [0.25, 0.3) is 0 Å². The van der Waals surface area contributed by atoms with Crippen LogP contribution in [-0.4, -0.2) is 25.3 Å². The number of sulfone groups is 1. The second-order valence-electron chi connectivity index (χ2n) is 6.62. The molecule has 1 saturated carbocycles. The first-order valence-electron chi connectivity index (χ1n) is 8.23. The normalized spacial score (nSPS) is 27.6. The van der Waals surface area contributed by atoms with E-state index in [0.29, 0.717) is 11.5 Å². The Labute approximate surface area is 134 Å². The van der Waals surface area contributed by atoms with Crippen molar-refractivity contribution in [3.63, 3.8) is 0 Å². The van der Waals surface area contributed by atoms with Gasteiger partial charge in [-0.1, -0.05) is 49.0 Å². The fourth-order valence-electron chi connectivity index (χ4n) is 3.31. The van der Waals surface area contributed by atoms with Crippen molar-refractivity contribution in [3.8, 4) is 0 Å². The van der Waals surface area contributed by atoms with E-state index in [-0.39, 0.29) is 5.41 Å². The molecule has 0 aromatic carbocycles. The zero-order valence-corrected chi connectivity index (χ0v) is 15.6. The average molecular weight is 367 g/mol. The topological polar surface area (TPSA) is 34.1 Å². The van der Waals surface area contributed by atoms with Gasteiger partial charge >= 0.3 is 0 Å². The largest absolute Gasteiger partial charge is 0.229 e. The average Bonchev–Trinajstić information content (AvgIpc) is 2.44. The van der Waals surface area contributed by atoms with Crippen LogP contribution in [-0.2, 0) is 9.84 Å². The third-order valence-electron chi connectivity index (χ3n) is 4.87. The first kappa shape index (κ1) is 18.5. The van der Waals surface area contributed by atoms with Gasteiger partial charge in [-0.3, -0.25) is 0 Å². The molecule has 0 unspecified atom stereocenters. The third kappa shape index (κ3) is 6.05. The van der Waals surface area contributed by atoms with Crippen molar-refractivity contribution in [2.24, 2.45) is 11.3 Å². The Morgan fingerprint density at radius 3 is 2.25 bits per heavy atom. The van der Waals surface area contributed by atoms with Gasteiger partial charge in [0.1, 0.15) is 9.84 Å². The van der Waals surface area contributed by atoms with Crippen LogP contribution in [0.2, 0.25) is 0 Å². The minimum Gasteiger partial charge on any atom is -0.229 e. The van der Waals surface area contributed by atoms with Crippen LogP contribution in [0.1, 0.15) is 71.6 Å². The van der Waals surface area contributed by atoms with E-state index in [2.05, 4.69) is 22.9 Å². The van der Waals surface area contributed by atoms with E-state index in [4.69, 9.17) is 0 Å². The minimum atomic E-state index is -2.83. The quantitative estimate of drug-likeness (QED) is 0.540. The van der Waals surface area contributed by atoms with Crippen molar-refractivity contribution < 1.29 is 8.42 Å². The van der Waals surface area contributed by atoms with E-state index in [0.717, 1.165) is 24.1 Å². The molecule has 0 aliphatic heterocycles. The van der Waals surface area contributed by atoms with E-state index in [9.17, 15) is 8.42 Å². The maximum absolute atomic E-state index is 11.9. The van der Waals surface area contributed by atoms with Crippen molar-refractivity contribution in [1.82, 2.24) is 0 Å². The van der Waals surface area contributed by atoms with Gasteiger partial charge < -0.3 is 0 Å². The van der Waals surface area contributed by atoms with Gasteiger partial charge in [-0.15, -0.1) is 0 Å². The Morgan fingerprint density at radius 1 is 1.10 bits per heavy atom. The van der Waals surface area contributed by atoms with Crippen molar-refractivity contribution >= 4 is 25.8 Å². The SMILES string of the molecule is CCCCC1CCC(CBr)(CCS(=O)(=O)CCC)CC1. The smallest absolute Gasteiger partial charge is 0.150 e. The maximum atomic E-state index is 11.9. The summed E-state index contributed by atoms with van der Waals surface area (Å²) in [5, 5.41) is 0.960. The molecule has 0 atom stereocenters. The van der Waals surface area contributed by atoms with Crippen molar-refractivity contribution in [2.75, 3.05) is 16.8 Å². The Morgan fingerprint density at radius 2 is 1.75 bits per heavy atom. The summed E-state index contributed by atoms with van der Waals surface area (Å²) in [6, 6.07) is 0. The predicted octanol–water partition coefficient (Wildman–Crippen LogP) is 4.96. The van der Waals surface area contributed by atoms with Crippen molar-refractivity contribution in [3.05, 3.63) is 0 Å². The van der Waals surface area contributed by atoms with E-state index in [1.165, 1.54) is 44.9 Å². The van der Waals surface area contributed by atoms with Gasteiger partial charge in [-0.2, -0.15) is 0 Å². The monoisotopic (exact) mass is 366 g/mol. The van der Waals surface area contributed by atoms with Gasteiger partial charge in [-0.25, -0.2) is 8.42 Å². The van der Waals surface area contributed by atoms with E-state index in [1.54, 1.807) is 0 Å². The molecule has 120 valence electrons. The molecule has 1 aliphatic carbocycles. The second kappa shape index (κ2) is 8.77. The van der Waals surface area contributed by atoms with E-state index in [1.807, 2.05) is 6.92 Å². The van der Waals surface area contributed by atoms with Gasteiger partial charge in [-0.05, 0) is 49.9 Å². The van der Waals surface area contributed by atoms with Gasteiger partial charge in [0.25, 0.3) is 0 Å². The number of rotatable bonds is 9. The lowest BCUT2D eigenvalue weighted by Gasteiger charge is -2.39. The number of hydrogen-bond acceptors (Lipinski definition) is 2. The Hall–Kier alpha value is 0.430. The Kier molecular flexibility index (Phi) is 8.10. The molecule has 0 aromatic heterocycles. The first-order valence-corrected chi connectivity index (χ1v) is 11.2. The van der Waals surface area contributed by atoms with Crippen LogP contribution < -0.4 is 0 Å². The Balaban J connectivity index is 2.46. The Bertz CT molecular complexity index is 357. The highest BCUT2D eigenvalue weighted by atomic mass is 79.9. The molecule has 0 aromatic rings. The summed E-state index contributed by atoms with van der Waals surface area (Å²) in [5.41, 5.74) is 0.240. The van der Waals surface area contributed by atoms with Crippen LogP contribution in [0, 0.1) is 11.3 Å². The standard InChI is InChI=1S/C16H31BrO2S/c1-3-5-6-15-7-9-16(14-17,10-8-15)11-13-20(18,19)12-4-2/h15H,3-14H2,1-2H3. The predicted molar refractivity (Wildman–Crippen MR) is 91.3 cm³/mol. The highest BCUT2D eigenvalue weighted by molar-refractivity contribution is 9.09. The zero-order valence-electron chi connectivity index (χ0n) is 13.2. The molecule has 0 saturated heterocycles. The summed E-state index contributed by atoms with van der Waals surface area (Å²) in [7, 11) is -2.83. The van der Waals surface area contributed by atoms with E-state index >= 15 is 0 Å². The maximum Gasteiger partial charge on any atom is 0.150 e. The molecule has 0 bridgehead atoms.